The van der Waals surface area contributed by atoms with Crippen molar-refractivity contribution >= 4 is 112 Å². The highest BCUT2D eigenvalue weighted by atomic mass is 16.5. The number of imide groups is 2. The largest absolute Gasteiger partial charge is 0.457 e. The van der Waals surface area contributed by atoms with Crippen molar-refractivity contribution in [3.05, 3.63) is 238 Å². The molecule has 4 amide bonds. The number of hydrogen-bond acceptors (Lipinski definition) is 10. The lowest BCUT2D eigenvalue weighted by molar-refractivity contribution is -0.135. The van der Waals surface area contributed by atoms with Crippen LogP contribution in [0.15, 0.2) is 182 Å². The molecule has 2 aromatic heterocycles. The Bertz CT molecular complexity index is 5050. The Balaban J connectivity index is 0.873. The van der Waals surface area contributed by atoms with Gasteiger partial charge >= 0.3 is 11.9 Å². The summed E-state index contributed by atoms with van der Waals surface area (Å²) < 4.78 is 25.9. The molecule has 2 aliphatic heterocycles. The summed E-state index contributed by atoms with van der Waals surface area (Å²) in [6, 6.07) is 52.0. The van der Waals surface area contributed by atoms with Gasteiger partial charge in [-0.15, -0.1) is 0 Å². The van der Waals surface area contributed by atoms with E-state index in [4.69, 9.17) is 18.9 Å². The Hall–Kier alpha value is -11.4. The first kappa shape index (κ1) is 62.7. The normalized spacial score (nSPS) is 13.2. The molecule has 15 rings (SSSR count). The second-order valence-corrected chi connectivity index (χ2v) is 27.0. The van der Waals surface area contributed by atoms with Gasteiger partial charge in [0, 0.05) is 90.5 Å². The molecular formula is C84H72N4O10. The van der Waals surface area contributed by atoms with Crippen LogP contribution in [-0.4, -0.2) is 45.5 Å². The molecule has 2 N–H and O–H groups in total. The van der Waals surface area contributed by atoms with Gasteiger partial charge in [0.25, 0.3) is 23.6 Å². The van der Waals surface area contributed by atoms with Crippen molar-refractivity contribution in [2.75, 3.05) is 9.80 Å². The minimum atomic E-state index is -0.542. The van der Waals surface area contributed by atoms with Crippen molar-refractivity contribution in [1.82, 2.24) is 9.97 Å². The SMILES string of the molecule is CC(C)c1cccc(C(C)C)c1N1C(=O)c2ccc3c4c(Oc5ccc(OC(=O)CCCc6c[nH]c7ccccc67)cc5)cc5c6c(ccc(c7c(Oc8ccc(OC(=O)CCCc9c[nH]c%10ccccc9%10)cc8)cc(c2c37)C1=O)c64)C(=O)N(c1c(C(C)C)cccc1C(C)C)C5=O. The van der Waals surface area contributed by atoms with E-state index in [2.05, 4.69) is 22.1 Å². The number of aromatic nitrogens is 2. The minimum Gasteiger partial charge on any atom is -0.457 e. The zero-order valence-electron chi connectivity index (χ0n) is 55.8. The molecule has 13 aromatic rings. The van der Waals surface area contributed by atoms with Gasteiger partial charge in [-0.05, 0) is 178 Å². The Morgan fingerprint density at radius 1 is 0.367 bits per heavy atom. The van der Waals surface area contributed by atoms with Crippen molar-refractivity contribution in [2.24, 2.45) is 0 Å². The maximum atomic E-state index is 16.0. The van der Waals surface area contributed by atoms with Crippen LogP contribution in [0.25, 0.3) is 64.9 Å². The zero-order valence-corrected chi connectivity index (χ0v) is 55.8. The number of hydrogen-bond donors (Lipinski definition) is 2. The molecule has 0 unspecified atom stereocenters. The maximum Gasteiger partial charge on any atom is 0.311 e. The monoisotopic (exact) mass is 1300 g/mol. The predicted molar refractivity (Wildman–Crippen MR) is 386 cm³/mol. The molecule has 0 spiro atoms. The van der Waals surface area contributed by atoms with Gasteiger partial charge in [0.1, 0.15) is 34.5 Å². The molecule has 0 saturated heterocycles. The van der Waals surface area contributed by atoms with E-state index in [1.54, 1.807) is 72.8 Å². The fourth-order valence-corrected chi connectivity index (χ4v) is 14.8. The van der Waals surface area contributed by atoms with Crippen LogP contribution in [0, 0.1) is 0 Å². The van der Waals surface area contributed by atoms with Crippen molar-refractivity contribution in [3.8, 4) is 34.5 Å². The highest BCUT2D eigenvalue weighted by Gasteiger charge is 2.42. The van der Waals surface area contributed by atoms with E-state index >= 15 is 19.2 Å². The van der Waals surface area contributed by atoms with E-state index in [1.807, 2.05) is 153 Å². The van der Waals surface area contributed by atoms with Crippen LogP contribution in [0.1, 0.15) is 180 Å². The molecule has 4 heterocycles. The van der Waals surface area contributed by atoms with Gasteiger partial charge in [-0.2, -0.15) is 0 Å². The number of nitrogens with zero attached hydrogens (tertiary/aromatic N) is 2. The van der Waals surface area contributed by atoms with Crippen LogP contribution < -0.4 is 28.7 Å². The number of carbonyl (C=O) groups excluding carboxylic acids is 6. The van der Waals surface area contributed by atoms with E-state index in [-0.39, 0.29) is 82.2 Å². The van der Waals surface area contributed by atoms with Gasteiger partial charge in [-0.3, -0.25) is 28.8 Å². The van der Waals surface area contributed by atoms with Crippen LogP contribution in [0.5, 0.6) is 34.5 Å². The number of benzene rings is 11. The molecule has 0 aliphatic carbocycles. The number of H-pyrrole nitrogens is 2. The van der Waals surface area contributed by atoms with Crippen LogP contribution in [0.4, 0.5) is 11.4 Å². The number of ether oxygens (including phenoxy) is 4. The third-order valence-corrected chi connectivity index (χ3v) is 19.5. The van der Waals surface area contributed by atoms with Crippen molar-refractivity contribution < 1.29 is 47.7 Å². The molecule has 0 radical (unpaired) electrons. The molecule has 488 valence electrons. The van der Waals surface area contributed by atoms with Gasteiger partial charge < -0.3 is 28.9 Å². The fourth-order valence-electron chi connectivity index (χ4n) is 14.8. The lowest BCUT2D eigenvalue weighted by Gasteiger charge is -2.34. The maximum absolute atomic E-state index is 16.0. The predicted octanol–water partition coefficient (Wildman–Crippen LogP) is 20.2. The minimum absolute atomic E-state index is 0.0594. The summed E-state index contributed by atoms with van der Waals surface area (Å²) in [4.78, 5) is 99.4. The topological polar surface area (TPSA) is 177 Å². The number of amides is 4. The highest BCUT2D eigenvalue weighted by molar-refractivity contribution is 6.47. The molecule has 0 fully saturated rings. The summed E-state index contributed by atoms with van der Waals surface area (Å²) in [5.74, 6) is -1.26. The Morgan fingerprint density at radius 2 is 0.714 bits per heavy atom. The van der Waals surface area contributed by atoms with Crippen LogP contribution >= 0.6 is 0 Å². The number of para-hydroxylation sites is 4. The van der Waals surface area contributed by atoms with Gasteiger partial charge in [0.15, 0.2) is 0 Å². The molecular weight excluding hydrogens is 1220 g/mol. The lowest BCUT2D eigenvalue weighted by atomic mass is 9.80. The van der Waals surface area contributed by atoms with Gasteiger partial charge in [0.05, 0.1) is 22.5 Å². The smallest absolute Gasteiger partial charge is 0.311 e. The molecule has 0 bridgehead atoms. The van der Waals surface area contributed by atoms with Crippen LogP contribution in [-0.2, 0) is 22.4 Å². The van der Waals surface area contributed by atoms with E-state index in [1.165, 1.54) is 9.80 Å². The molecule has 14 heteroatoms. The zero-order chi connectivity index (χ0) is 67.9. The Morgan fingerprint density at radius 3 is 1.08 bits per heavy atom. The summed E-state index contributed by atoms with van der Waals surface area (Å²) in [6.45, 7) is 16.4. The molecule has 0 atom stereocenters. The number of carbonyl (C=O) groups is 6. The second kappa shape index (κ2) is 25.0. The Kier molecular flexibility index (Phi) is 16.0. The summed E-state index contributed by atoms with van der Waals surface area (Å²) >= 11 is 0. The first-order valence-corrected chi connectivity index (χ1v) is 33.8. The fraction of sp³-hybridized carbons (Fsp3) is 0.214. The van der Waals surface area contributed by atoms with Crippen LogP contribution in [0.2, 0.25) is 0 Å². The third kappa shape index (κ3) is 10.7. The van der Waals surface area contributed by atoms with E-state index < -0.39 is 23.6 Å². The van der Waals surface area contributed by atoms with E-state index in [9.17, 15) is 9.59 Å². The number of nitrogens with one attached hydrogen (secondary N) is 2. The highest BCUT2D eigenvalue weighted by Crippen LogP contribution is 2.55. The van der Waals surface area contributed by atoms with Crippen molar-refractivity contribution in [2.45, 2.75) is 118 Å². The van der Waals surface area contributed by atoms with Gasteiger partial charge in [0.2, 0.25) is 0 Å². The summed E-state index contributed by atoms with van der Waals surface area (Å²) in [5, 5.41) is 6.21. The first-order chi connectivity index (χ1) is 47.4. The molecule has 14 nitrogen and oxygen atoms in total. The van der Waals surface area contributed by atoms with Crippen molar-refractivity contribution in [3.63, 3.8) is 0 Å². The summed E-state index contributed by atoms with van der Waals surface area (Å²) in [7, 11) is 0. The number of esters is 2. The summed E-state index contributed by atoms with van der Waals surface area (Å²) in [5.41, 5.74) is 9.80. The van der Waals surface area contributed by atoms with E-state index in [0.717, 1.165) is 55.2 Å². The van der Waals surface area contributed by atoms with Gasteiger partial charge in [-0.1, -0.05) is 140 Å². The van der Waals surface area contributed by atoms with Gasteiger partial charge in [-0.25, -0.2) is 9.80 Å². The van der Waals surface area contributed by atoms with E-state index in [0.29, 0.717) is 103 Å². The third-order valence-electron chi connectivity index (χ3n) is 19.5. The molecule has 2 aliphatic rings. The summed E-state index contributed by atoms with van der Waals surface area (Å²) in [6.07, 6.45) is 6.90. The first-order valence-electron chi connectivity index (χ1n) is 33.8. The standard InChI is InChI=1S/C84H72N4O10/c1-45(2)55-21-15-22-56(46(3)4)79(55)87-81(91)63-39-37-61-76-70(96-52-31-35-54(36-32-52)98-72(90)28-14-18-50-44-86-68-26-12-10-20-60(50)68)42-66-74-64(82(92)88(84(66)94)80-57(47(5)6)23-16-24-58(80)48(7)8)40-38-62(78(74)76)75-69(41-65(83(87)93)73(63)77(61)75)95-51-29-33-53(34-30-51)97-71(89)27-13-17-49-43-85-67-25-11-9-19-59(49)67/h9-12,15-16,19-26,29-48,85-86H,13-14,17-18,27-28H2,1-8H3. The average Bonchev–Trinajstić information content (AvgIpc) is 1.04. The van der Waals surface area contributed by atoms with Crippen molar-refractivity contribution in [1.29, 1.82) is 0 Å². The Labute approximate surface area is 566 Å². The lowest BCUT2D eigenvalue weighted by Crippen LogP contribution is -2.42. The number of rotatable bonds is 20. The van der Waals surface area contributed by atoms with Crippen LogP contribution in [0.3, 0.4) is 0 Å². The number of aromatic amines is 2. The molecule has 0 saturated carbocycles. The number of aryl methyl sites for hydroxylation is 2. The average molecular weight is 1300 g/mol. The number of anilines is 2. The molecule has 98 heavy (non-hydrogen) atoms. The molecule has 11 aromatic carbocycles. The quantitative estimate of drug-likeness (QED) is 0.0245. The number of fused-ring (bicyclic) bond motifs is 4. The second-order valence-electron chi connectivity index (χ2n) is 27.0.